The fourth-order valence-corrected chi connectivity index (χ4v) is 4.16. The number of Topliss-reactive ketones (excluding diaryl/α,β-unsaturated/α-hetero) is 2. The number of rotatable bonds is 9. The van der Waals surface area contributed by atoms with Gasteiger partial charge in [0.05, 0.1) is 35.7 Å². The van der Waals surface area contributed by atoms with Crippen LogP contribution in [0.2, 0.25) is 0 Å². The number of esters is 1. The Kier molecular flexibility index (Phi) is 7.77. The Labute approximate surface area is 216 Å². The number of benzene rings is 3. The molecule has 192 valence electrons. The van der Waals surface area contributed by atoms with E-state index >= 15 is 0 Å². The number of fused-ring (bicyclic) bond motifs is 1. The molecule has 2 N–H and O–H groups in total. The lowest BCUT2D eigenvalue weighted by molar-refractivity contribution is -0.137. The lowest BCUT2D eigenvalue weighted by atomic mass is 9.86. The molecule has 38 heavy (non-hydrogen) atoms. The Balaban J connectivity index is 1.58. The van der Waals surface area contributed by atoms with Crippen LogP contribution in [0, 0.1) is 0 Å². The second-order valence-corrected chi connectivity index (χ2v) is 8.45. The molecule has 0 saturated carbocycles. The minimum absolute atomic E-state index is 0.0464. The number of aromatic hydroxyl groups is 1. The first-order valence-electron chi connectivity index (χ1n) is 11.6. The van der Waals surface area contributed by atoms with Crippen LogP contribution >= 0.6 is 0 Å². The quantitative estimate of drug-likeness (QED) is 0.148. The van der Waals surface area contributed by atoms with Gasteiger partial charge < -0.3 is 19.6 Å². The normalized spacial score (nSPS) is 11.5. The Bertz CT molecular complexity index is 1590. The number of ether oxygens (including phenoxy) is 1. The molecule has 9 nitrogen and oxygen atoms in total. The lowest BCUT2D eigenvalue weighted by Crippen LogP contribution is -2.27. The number of para-hydroxylation sites is 2. The van der Waals surface area contributed by atoms with Gasteiger partial charge in [-0.05, 0) is 29.8 Å². The Morgan fingerprint density at radius 3 is 2.32 bits per heavy atom. The molecule has 4 aromatic rings. The molecule has 1 amide bonds. The van der Waals surface area contributed by atoms with E-state index < -0.39 is 41.4 Å². The molecule has 0 saturated heterocycles. The highest BCUT2D eigenvalue weighted by Gasteiger charge is 2.29. The van der Waals surface area contributed by atoms with E-state index in [9.17, 15) is 29.1 Å². The average molecular weight is 514 g/mol. The number of carbonyl (C=O) groups is 4. The van der Waals surface area contributed by atoms with E-state index in [1.54, 1.807) is 66.7 Å². The third-order valence-corrected chi connectivity index (χ3v) is 5.99. The minimum atomic E-state index is -1.08. The summed E-state index contributed by atoms with van der Waals surface area (Å²) < 4.78 is 10.1. The van der Waals surface area contributed by atoms with Gasteiger partial charge in [0, 0.05) is 12.3 Å². The van der Waals surface area contributed by atoms with E-state index in [-0.39, 0.29) is 34.6 Å². The molecular formula is C29H23NO8. The number of amides is 1. The smallest absolute Gasteiger partial charge is 0.343 e. The van der Waals surface area contributed by atoms with Gasteiger partial charge in [0.2, 0.25) is 5.78 Å². The van der Waals surface area contributed by atoms with E-state index in [2.05, 4.69) is 10.1 Å². The molecular weight excluding hydrogens is 490 g/mol. The van der Waals surface area contributed by atoms with Crippen molar-refractivity contribution < 1.29 is 33.4 Å². The van der Waals surface area contributed by atoms with Gasteiger partial charge in [-0.3, -0.25) is 14.4 Å². The largest absolute Gasteiger partial charge is 0.507 e. The van der Waals surface area contributed by atoms with Crippen LogP contribution in [0.3, 0.4) is 0 Å². The van der Waals surface area contributed by atoms with E-state index in [0.29, 0.717) is 10.9 Å². The Morgan fingerprint density at radius 2 is 1.58 bits per heavy atom. The third-order valence-electron chi connectivity index (χ3n) is 5.99. The highest BCUT2D eigenvalue weighted by Crippen LogP contribution is 2.36. The second kappa shape index (κ2) is 11.3. The topological polar surface area (TPSA) is 140 Å². The molecule has 0 aliphatic rings. The van der Waals surface area contributed by atoms with Gasteiger partial charge in [0.25, 0.3) is 5.91 Å². The van der Waals surface area contributed by atoms with Crippen LogP contribution in [0.15, 0.2) is 88.1 Å². The number of anilines is 1. The van der Waals surface area contributed by atoms with Crippen LogP contribution in [0.1, 0.15) is 40.2 Å². The van der Waals surface area contributed by atoms with Gasteiger partial charge in [-0.25, -0.2) is 9.59 Å². The van der Waals surface area contributed by atoms with Crippen LogP contribution in [-0.2, 0) is 19.1 Å². The van der Waals surface area contributed by atoms with Crippen molar-refractivity contribution in [2.24, 2.45) is 0 Å². The summed E-state index contributed by atoms with van der Waals surface area (Å²) in [4.78, 5) is 62.9. The summed E-state index contributed by atoms with van der Waals surface area (Å²) in [5, 5.41) is 13.6. The molecule has 0 radical (unpaired) electrons. The van der Waals surface area contributed by atoms with Crippen LogP contribution in [-0.4, -0.2) is 35.7 Å². The zero-order chi connectivity index (χ0) is 27.2. The zero-order valence-corrected chi connectivity index (χ0v) is 20.3. The van der Waals surface area contributed by atoms with Crippen molar-refractivity contribution in [2.75, 3.05) is 12.4 Å². The second-order valence-electron chi connectivity index (χ2n) is 8.45. The number of hydrogen-bond donors (Lipinski definition) is 2. The van der Waals surface area contributed by atoms with E-state index in [1.165, 1.54) is 19.2 Å². The molecule has 0 fully saturated rings. The number of ketones is 2. The van der Waals surface area contributed by atoms with Crippen molar-refractivity contribution in [3.05, 3.63) is 106 Å². The van der Waals surface area contributed by atoms with Gasteiger partial charge in [-0.15, -0.1) is 0 Å². The summed E-state index contributed by atoms with van der Waals surface area (Å²) >= 11 is 0. The van der Waals surface area contributed by atoms with Crippen LogP contribution in [0.5, 0.6) is 5.75 Å². The van der Waals surface area contributed by atoms with Crippen molar-refractivity contribution in [1.29, 1.82) is 0 Å². The molecule has 9 heteroatoms. The molecule has 1 heterocycles. The lowest BCUT2D eigenvalue weighted by Gasteiger charge is -2.18. The summed E-state index contributed by atoms with van der Waals surface area (Å²) in [6, 6.07) is 21.0. The number of nitrogens with one attached hydrogen (secondary N) is 1. The summed E-state index contributed by atoms with van der Waals surface area (Å²) in [6.07, 6.45) is -1.10. The zero-order valence-electron chi connectivity index (χ0n) is 20.3. The molecule has 1 aromatic heterocycles. The number of methoxy groups -OCH3 is 1. The molecule has 0 unspecified atom stereocenters. The highest BCUT2D eigenvalue weighted by molar-refractivity contribution is 6.43. The van der Waals surface area contributed by atoms with Crippen LogP contribution in [0.25, 0.3) is 11.0 Å². The predicted octanol–water partition coefficient (Wildman–Crippen LogP) is 3.97. The summed E-state index contributed by atoms with van der Waals surface area (Å²) in [5.74, 6) is -4.70. The maximum Gasteiger partial charge on any atom is 0.343 e. The van der Waals surface area contributed by atoms with Crippen molar-refractivity contribution in [3.8, 4) is 5.75 Å². The standard InChI is InChI=1S/C29H23NO8/c1-37-28(35)19-11-5-7-13-22(19)30-27(34)23(32)16-18(31)15-21(17-9-3-2-4-10-17)25-26(33)20-12-6-8-14-24(20)38-29(25)36/h2-14,21,33H,15-16H2,1H3,(H,30,34)/t21-/m1/s1. The first kappa shape index (κ1) is 26.0. The van der Waals surface area contributed by atoms with Gasteiger partial charge >= 0.3 is 11.6 Å². The molecule has 1 atom stereocenters. The summed E-state index contributed by atoms with van der Waals surface area (Å²) in [5.41, 5.74) is -0.0896. The maximum atomic E-state index is 13.0. The van der Waals surface area contributed by atoms with E-state index in [0.717, 1.165) is 0 Å². The molecule has 4 rings (SSSR count). The number of hydrogen-bond acceptors (Lipinski definition) is 8. The molecule has 0 bridgehead atoms. The molecule has 0 aliphatic heterocycles. The molecule has 0 aliphatic carbocycles. The first-order chi connectivity index (χ1) is 18.3. The minimum Gasteiger partial charge on any atom is -0.507 e. The Hall–Kier alpha value is -5.05. The summed E-state index contributed by atoms with van der Waals surface area (Å²) in [7, 11) is 1.18. The molecule has 3 aromatic carbocycles. The predicted molar refractivity (Wildman–Crippen MR) is 138 cm³/mol. The maximum absolute atomic E-state index is 13.0. The highest BCUT2D eigenvalue weighted by atomic mass is 16.5. The monoisotopic (exact) mass is 513 g/mol. The van der Waals surface area contributed by atoms with E-state index in [1.807, 2.05) is 0 Å². The average Bonchev–Trinajstić information content (AvgIpc) is 2.92. The summed E-state index contributed by atoms with van der Waals surface area (Å²) in [6.45, 7) is 0. The van der Waals surface area contributed by atoms with Crippen molar-refractivity contribution in [3.63, 3.8) is 0 Å². The fourth-order valence-electron chi connectivity index (χ4n) is 4.16. The molecule has 0 spiro atoms. The van der Waals surface area contributed by atoms with Gasteiger partial charge in [0.1, 0.15) is 17.1 Å². The van der Waals surface area contributed by atoms with Crippen molar-refractivity contribution >= 4 is 40.1 Å². The van der Waals surface area contributed by atoms with Gasteiger partial charge in [-0.1, -0.05) is 54.6 Å². The van der Waals surface area contributed by atoms with Gasteiger partial charge in [0.15, 0.2) is 0 Å². The van der Waals surface area contributed by atoms with Crippen LogP contribution < -0.4 is 10.9 Å². The third kappa shape index (κ3) is 5.52. The fraction of sp³-hybridized carbons (Fsp3) is 0.138. The van der Waals surface area contributed by atoms with Crippen molar-refractivity contribution in [1.82, 2.24) is 0 Å². The van der Waals surface area contributed by atoms with Gasteiger partial charge in [-0.2, -0.15) is 0 Å². The van der Waals surface area contributed by atoms with Crippen molar-refractivity contribution in [2.45, 2.75) is 18.8 Å². The SMILES string of the molecule is COC(=O)c1ccccc1NC(=O)C(=O)CC(=O)C[C@H](c1ccccc1)c1c(O)c2ccccc2oc1=O. The van der Waals surface area contributed by atoms with Crippen LogP contribution in [0.4, 0.5) is 5.69 Å². The first-order valence-corrected chi connectivity index (χ1v) is 11.6. The van der Waals surface area contributed by atoms with E-state index in [4.69, 9.17) is 4.42 Å². The Morgan fingerprint density at radius 1 is 0.921 bits per heavy atom. The number of carbonyl (C=O) groups excluding carboxylic acids is 4.